The van der Waals surface area contributed by atoms with Crippen LogP contribution in [0.3, 0.4) is 0 Å². The van der Waals surface area contributed by atoms with Gasteiger partial charge in [-0.3, -0.25) is 4.79 Å². The van der Waals surface area contributed by atoms with Crippen LogP contribution in [0.1, 0.15) is 17.5 Å². The zero-order chi connectivity index (χ0) is 15.2. The van der Waals surface area contributed by atoms with E-state index in [-0.39, 0.29) is 11.7 Å². The average Bonchev–Trinajstić information content (AvgIpc) is 2.49. The van der Waals surface area contributed by atoms with Gasteiger partial charge in [-0.05, 0) is 49.1 Å². The van der Waals surface area contributed by atoms with E-state index in [1.807, 2.05) is 30.3 Å². The smallest absolute Gasteiger partial charge is 0.241 e. The highest BCUT2D eigenvalue weighted by molar-refractivity contribution is 5.94. The monoisotopic (exact) mass is 284 g/mol. The number of amides is 1. The van der Waals surface area contributed by atoms with Crippen LogP contribution < -0.4 is 11.1 Å². The lowest BCUT2D eigenvalue weighted by molar-refractivity contribution is -0.117. The lowest BCUT2D eigenvalue weighted by Gasteiger charge is -2.13. The summed E-state index contributed by atoms with van der Waals surface area (Å²) in [4.78, 5) is 12.0. The predicted molar refractivity (Wildman–Crippen MR) is 84.2 cm³/mol. The second kappa shape index (κ2) is 6.90. The third-order valence-electron chi connectivity index (χ3n) is 3.39. The fourth-order valence-electron chi connectivity index (χ4n) is 2.07. The minimum atomic E-state index is -0.556. The summed E-state index contributed by atoms with van der Waals surface area (Å²) in [5.41, 5.74) is 8.44. The highest BCUT2D eigenvalue weighted by Crippen LogP contribution is 2.20. The molecule has 2 aromatic rings. The van der Waals surface area contributed by atoms with Gasteiger partial charge in [-0.1, -0.05) is 30.3 Å². The molecule has 2 rings (SSSR count). The van der Waals surface area contributed by atoms with E-state index < -0.39 is 6.04 Å². The topological polar surface area (TPSA) is 75.4 Å². The number of phenols is 1. The van der Waals surface area contributed by atoms with Gasteiger partial charge in [0.2, 0.25) is 5.91 Å². The maximum atomic E-state index is 12.0. The molecule has 0 saturated heterocycles. The van der Waals surface area contributed by atoms with Crippen LogP contribution in [0.2, 0.25) is 0 Å². The number of hydrogen-bond acceptors (Lipinski definition) is 3. The Bertz CT molecular complexity index is 611. The minimum absolute atomic E-state index is 0.210. The van der Waals surface area contributed by atoms with Gasteiger partial charge in [-0.2, -0.15) is 0 Å². The van der Waals surface area contributed by atoms with Crippen molar-refractivity contribution in [3.63, 3.8) is 0 Å². The number of aromatic hydroxyl groups is 1. The van der Waals surface area contributed by atoms with E-state index in [0.29, 0.717) is 17.7 Å². The van der Waals surface area contributed by atoms with Crippen molar-refractivity contribution in [2.24, 2.45) is 5.73 Å². The number of carbonyl (C=O) groups is 1. The fourth-order valence-corrected chi connectivity index (χ4v) is 2.07. The number of hydrogen-bond donors (Lipinski definition) is 3. The number of anilines is 1. The molecule has 0 fully saturated rings. The Morgan fingerprint density at radius 1 is 1.24 bits per heavy atom. The van der Waals surface area contributed by atoms with Crippen LogP contribution in [-0.2, 0) is 11.2 Å². The number of carbonyl (C=O) groups excluding carboxylic acids is 1. The number of rotatable bonds is 5. The molecule has 0 spiro atoms. The van der Waals surface area contributed by atoms with Crippen LogP contribution in [-0.4, -0.2) is 17.1 Å². The highest BCUT2D eigenvalue weighted by Gasteiger charge is 2.13. The van der Waals surface area contributed by atoms with Crippen LogP contribution in [0.15, 0.2) is 48.5 Å². The summed E-state index contributed by atoms with van der Waals surface area (Å²) in [5, 5.41) is 12.2. The van der Waals surface area contributed by atoms with Gasteiger partial charge in [0.15, 0.2) is 0 Å². The number of benzene rings is 2. The molecular weight excluding hydrogens is 264 g/mol. The Morgan fingerprint density at radius 2 is 1.95 bits per heavy atom. The zero-order valence-electron chi connectivity index (χ0n) is 12.0. The first-order valence-corrected chi connectivity index (χ1v) is 6.96. The average molecular weight is 284 g/mol. The molecule has 0 saturated carbocycles. The Kier molecular flexibility index (Phi) is 4.95. The molecule has 0 heterocycles. The zero-order valence-corrected chi connectivity index (χ0v) is 12.0. The van der Waals surface area contributed by atoms with E-state index in [4.69, 9.17) is 5.73 Å². The minimum Gasteiger partial charge on any atom is -0.508 e. The summed E-state index contributed by atoms with van der Waals surface area (Å²) < 4.78 is 0. The molecule has 1 unspecified atom stereocenters. The summed E-state index contributed by atoms with van der Waals surface area (Å²) in [6.45, 7) is 1.78. The van der Waals surface area contributed by atoms with Crippen molar-refractivity contribution in [1.82, 2.24) is 0 Å². The van der Waals surface area contributed by atoms with Crippen molar-refractivity contribution in [3.05, 3.63) is 59.7 Å². The van der Waals surface area contributed by atoms with Crippen LogP contribution in [0.25, 0.3) is 0 Å². The Balaban J connectivity index is 1.89. The molecule has 1 atom stereocenters. The molecule has 0 aliphatic heterocycles. The van der Waals surface area contributed by atoms with Crippen molar-refractivity contribution in [2.75, 3.05) is 5.32 Å². The molecule has 0 radical (unpaired) electrons. The first kappa shape index (κ1) is 15.1. The van der Waals surface area contributed by atoms with Crippen molar-refractivity contribution >= 4 is 11.6 Å². The fraction of sp³-hybridized carbons (Fsp3) is 0.235. The summed E-state index contributed by atoms with van der Waals surface area (Å²) in [7, 11) is 0. The molecule has 110 valence electrons. The lowest BCUT2D eigenvalue weighted by Crippen LogP contribution is -2.36. The lowest BCUT2D eigenvalue weighted by atomic mass is 10.1. The molecule has 0 bridgehead atoms. The largest absolute Gasteiger partial charge is 0.508 e. The predicted octanol–water partition coefficient (Wildman–Crippen LogP) is 2.60. The van der Waals surface area contributed by atoms with Gasteiger partial charge in [-0.15, -0.1) is 0 Å². The van der Waals surface area contributed by atoms with Gasteiger partial charge in [0, 0.05) is 5.69 Å². The number of nitrogens with one attached hydrogen (secondary N) is 1. The van der Waals surface area contributed by atoms with Crippen LogP contribution in [0.5, 0.6) is 5.75 Å². The first-order valence-electron chi connectivity index (χ1n) is 6.96. The van der Waals surface area contributed by atoms with Crippen LogP contribution >= 0.6 is 0 Å². The van der Waals surface area contributed by atoms with E-state index >= 15 is 0 Å². The molecule has 4 nitrogen and oxygen atoms in total. The molecule has 1 amide bonds. The Morgan fingerprint density at radius 3 is 2.62 bits per heavy atom. The van der Waals surface area contributed by atoms with Gasteiger partial charge in [0.25, 0.3) is 0 Å². The van der Waals surface area contributed by atoms with E-state index in [9.17, 15) is 9.90 Å². The Labute approximate surface area is 124 Å². The maximum absolute atomic E-state index is 12.0. The first-order chi connectivity index (χ1) is 10.1. The Hall–Kier alpha value is -2.33. The third kappa shape index (κ3) is 4.33. The molecule has 2 aromatic carbocycles. The van der Waals surface area contributed by atoms with E-state index in [0.717, 1.165) is 6.42 Å². The molecule has 21 heavy (non-hydrogen) atoms. The summed E-state index contributed by atoms with van der Waals surface area (Å²) in [5.74, 6) is -0.00241. The standard InChI is InChI=1S/C17H20N2O2/c1-12-11-14(8-10-16(12)20)19-17(21)15(18)9-7-13-5-3-2-4-6-13/h2-6,8,10-11,15,20H,7,9,18H2,1H3,(H,19,21). The molecule has 4 N–H and O–H groups in total. The maximum Gasteiger partial charge on any atom is 0.241 e. The van der Waals surface area contributed by atoms with Gasteiger partial charge in [0.1, 0.15) is 5.75 Å². The van der Waals surface area contributed by atoms with Gasteiger partial charge in [-0.25, -0.2) is 0 Å². The van der Waals surface area contributed by atoms with Gasteiger partial charge >= 0.3 is 0 Å². The normalized spacial score (nSPS) is 11.9. The van der Waals surface area contributed by atoms with Gasteiger partial charge < -0.3 is 16.2 Å². The molecule has 4 heteroatoms. The van der Waals surface area contributed by atoms with Crippen molar-refractivity contribution in [3.8, 4) is 5.75 Å². The van der Waals surface area contributed by atoms with Gasteiger partial charge in [0.05, 0.1) is 6.04 Å². The van der Waals surface area contributed by atoms with E-state index in [1.54, 1.807) is 25.1 Å². The van der Waals surface area contributed by atoms with Crippen molar-refractivity contribution < 1.29 is 9.90 Å². The van der Waals surface area contributed by atoms with Crippen LogP contribution in [0, 0.1) is 6.92 Å². The van der Waals surface area contributed by atoms with E-state index in [1.165, 1.54) is 5.56 Å². The second-order valence-electron chi connectivity index (χ2n) is 5.12. The SMILES string of the molecule is Cc1cc(NC(=O)C(N)CCc2ccccc2)ccc1O. The molecule has 0 aliphatic rings. The highest BCUT2D eigenvalue weighted by atomic mass is 16.3. The number of phenolic OH excluding ortho intramolecular Hbond substituents is 1. The molecule has 0 aliphatic carbocycles. The quantitative estimate of drug-likeness (QED) is 0.739. The summed E-state index contributed by atoms with van der Waals surface area (Å²) in [6.07, 6.45) is 1.36. The van der Waals surface area contributed by atoms with Crippen molar-refractivity contribution in [1.29, 1.82) is 0 Å². The van der Waals surface area contributed by atoms with Crippen molar-refractivity contribution in [2.45, 2.75) is 25.8 Å². The second-order valence-corrected chi connectivity index (χ2v) is 5.12. The number of aryl methyl sites for hydroxylation is 2. The third-order valence-corrected chi connectivity index (χ3v) is 3.39. The molecule has 0 aromatic heterocycles. The summed E-state index contributed by atoms with van der Waals surface area (Å²) in [6, 6.07) is 14.3. The summed E-state index contributed by atoms with van der Waals surface area (Å²) >= 11 is 0. The van der Waals surface area contributed by atoms with Crippen LogP contribution in [0.4, 0.5) is 5.69 Å². The van der Waals surface area contributed by atoms with E-state index in [2.05, 4.69) is 5.32 Å². The number of nitrogens with two attached hydrogens (primary N) is 1. The molecular formula is C17H20N2O2.